The lowest BCUT2D eigenvalue weighted by Crippen LogP contribution is -2.25. The maximum atomic E-state index is 12.3. The molecular formula is C23H20N4O5S. The molecule has 33 heavy (non-hydrogen) atoms. The first-order valence-corrected chi connectivity index (χ1v) is 10.9. The van der Waals surface area contributed by atoms with Gasteiger partial charge < -0.3 is 19.5 Å². The molecule has 1 aromatic carbocycles. The third-order valence-electron chi connectivity index (χ3n) is 4.54. The largest absolute Gasteiger partial charge is 0.467 e. The zero-order valence-electron chi connectivity index (χ0n) is 17.4. The van der Waals surface area contributed by atoms with Gasteiger partial charge in [0.2, 0.25) is 5.91 Å². The maximum absolute atomic E-state index is 12.3. The molecular weight excluding hydrogens is 444 g/mol. The SMILES string of the molecule is O=C(Cc1csc(NC(=O)c2ccco2)n1)NCc1cccc(C(=O)NCc2ccco2)c1. The minimum Gasteiger partial charge on any atom is -0.467 e. The lowest BCUT2D eigenvalue weighted by molar-refractivity contribution is -0.120. The highest BCUT2D eigenvalue weighted by atomic mass is 32.1. The molecule has 0 spiro atoms. The smallest absolute Gasteiger partial charge is 0.293 e. The molecule has 0 radical (unpaired) electrons. The minimum absolute atomic E-state index is 0.0659. The van der Waals surface area contributed by atoms with Crippen LogP contribution < -0.4 is 16.0 Å². The highest BCUT2D eigenvalue weighted by Crippen LogP contribution is 2.17. The third-order valence-corrected chi connectivity index (χ3v) is 5.35. The Kier molecular flexibility index (Phi) is 6.96. The van der Waals surface area contributed by atoms with Crippen LogP contribution in [0.3, 0.4) is 0 Å². The van der Waals surface area contributed by atoms with E-state index >= 15 is 0 Å². The second-order valence-electron chi connectivity index (χ2n) is 6.99. The number of benzene rings is 1. The van der Waals surface area contributed by atoms with Crippen LogP contribution in [0.15, 0.2) is 75.3 Å². The molecule has 0 aliphatic carbocycles. The van der Waals surface area contributed by atoms with E-state index < -0.39 is 5.91 Å². The number of nitrogens with zero attached hydrogens (tertiary/aromatic N) is 1. The zero-order valence-corrected chi connectivity index (χ0v) is 18.2. The molecule has 9 nitrogen and oxygen atoms in total. The molecule has 168 valence electrons. The van der Waals surface area contributed by atoms with E-state index in [1.165, 1.54) is 17.6 Å². The van der Waals surface area contributed by atoms with Crippen molar-refractivity contribution in [1.82, 2.24) is 15.6 Å². The van der Waals surface area contributed by atoms with Crippen molar-refractivity contribution in [2.24, 2.45) is 0 Å². The number of carbonyl (C=O) groups excluding carboxylic acids is 3. The summed E-state index contributed by atoms with van der Waals surface area (Å²) in [5.74, 6) is -0.0136. The summed E-state index contributed by atoms with van der Waals surface area (Å²) in [5, 5.41) is 10.3. The Bertz CT molecular complexity index is 1230. The van der Waals surface area contributed by atoms with Crippen molar-refractivity contribution >= 4 is 34.2 Å². The summed E-state index contributed by atoms with van der Waals surface area (Å²) >= 11 is 1.22. The lowest BCUT2D eigenvalue weighted by atomic mass is 10.1. The number of rotatable bonds is 9. The maximum Gasteiger partial charge on any atom is 0.293 e. The molecule has 4 aromatic rings. The molecule has 0 bridgehead atoms. The molecule has 3 aromatic heterocycles. The molecule has 0 atom stereocenters. The van der Waals surface area contributed by atoms with Gasteiger partial charge in [-0.1, -0.05) is 12.1 Å². The van der Waals surface area contributed by atoms with Gasteiger partial charge in [-0.05, 0) is 42.0 Å². The quantitative estimate of drug-likeness (QED) is 0.349. The molecule has 3 N–H and O–H groups in total. The van der Waals surface area contributed by atoms with Crippen molar-refractivity contribution in [2.75, 3.05) is 5.32 Å². The Balaban J connectivity index is 1.25. The number of hydrogen-bond acceptors (Lipinski definition) is 7. The number of thiazole rings is 1. The van der Waals surface area contributed by atoms with E-state index in [2.05, 4.69) is 20.9 Å². The Morgan fingerprint density at radius 1 is 0.909 bits per heavy atom. The average Bonchev–Trinajstić information content (AvgIpc) is 3.59. The van der Waals surface area contributed by atoms with Crippen molar-refractivity contribution in [1.29, 1.82) is 0 Å². The van der Waals surface area contributed by atoms with Crippen LogP contribution in [0.5, 0.6) is 0 Å². The van der Waals surface area contributed by atoms with Gasteiger partial charge in [0, 0.05) is 17.5 Å². The van der Waals surface area contributed by atoms with E-state index in [4.69, 9.17) is 8.83 Å². The topological polar surface area (TPSA) is 126 Å². The fourth-order valence-corrected chi connectivity index (χ4v) is 3.65. The van der Waals surface area contributed by atoms with Crippen LogP contribution in [-0.2, 0) is 24.3 Å². The van der Waals surface area contributed by atoms with Gasteiger partial charge in [0.05, 0.1) is 31.2 Å². The zero-order chi connectivity index (χ0) is 23.0. The average molecular weight is 465 g/mol. The van der Waals surface area contributed by atoms with Crippen LogP contribution in [-0.4, -0.2) is 22.7 Å². The van der Waals surface area contributed by atoms with Gasteiger partial charge in [-0.15, -0.1) is 11.3 Å². The van der Waals surface area contributed by atoms with E-state index in [0.29, 0.717) is 28.7 Å². The van der Waals surface area contributed by atoms with Gasteiger partial charge in [-0.2, -0.15) is 0 Å². The summed E-state index contributed by atoms with van der Waals surface area (Å²) in [6, 6.07) is 13.7. The minimum atomic E-state index is -0.404. The summed E-state index contributed by atoms with van der Waals surface area (Å²) < 4.78 is 10.2. The molecule has 10 heteroatoms. The third kappa shape index (κ3) is 6.17. The number of hydrogen-bond donors (Lipinski definition) is 3. The standard InChI is InChI=1S/C23H20N4O5S/c28-20(11-17-14-33-23(26-17)27-22(30)19-7-3-9-32-19)24-12-15-4-1-5-16(10-15)21(29)25-13-18-6-2-8-31-18/h1-10,14H,11-13H2,(H,24,28)(H,25,29)(H,26,27,30). The fraction of sp³-hybridized carbons (Fsp3) is 0.130. The van der Waals surface area contributed by atoms with Gasteiger partial charge in [-0.25, -0.2) is 4.98 Å². The molecule has 0 saturated carbocycles. The van der Waals surface area contributed by atoms with Gasteiger partial charge in [0.25, 0.3) is 11.8 Å². The van der Waals surface area contributed by atoms with Crippen LogP contribution in [0.1, 0.15) is 37.9 Å². The first-order chi connectivity index (χ1) is 16.1. The van der Waals surface area contributed by atoms with Gasteiger partial charge >= 0.3 is 0 Å². The molecule has 0 aliphatic heterocycles. The van der Waals surface area contributed by atoms with Crippen molar-refractivity contribution < 1.29 is 23.2 Å². The number of furan rings is 2. The highest BCUT2D eigenvalue weighted by Gasteiger charge is 2.13. The Hall–Kier alpha value is -4.18. The number of carbonyl (C=O) groups is 3. The summed E-state index contributed by atoms with van der Waals surface area (Å²) in [7, 11) is 0. The first-order valence-electron chi connectivity index (χ1n) is 10.0. The molecule has 3 heterocycles. The van der Waals surface area contributed by atoms with Crippen LogP contribution >= 0.6 is 11.3 Å². The first kappa shape index (κ1) is 22.0. The predicted octanol–water partition coefficient (Wildman–Crippen LogP) is 3.37. The Morgan fingerprint density at radius 2 is 1.76 bits per heavy atom. The van der Waals surface area contributed by atoms with Crippen molar-refractivity contribution in [3.63, 3.8) is 0 Å². The molecule has 0 aliphatic rings. The van der Waals surface area contributed by atoms with Gasteiger partial charge in [-0.3, -0.25) is 19.7 Å². The van der Waals surface area contributed by atoms with Crippen LogP contribution in [0, 0.1) is 0 Å². The Labute approximate surface area is 192 Å². The molecule has 0 unspecified atom stereocenters. The van der Waals surface area contributed by atoms with Crippen LogP contribution in [0.2, 0.25) is 0 Å². The number of aromatic nitrogens is 1. The van der Waals surface area contributed by atoms with Gasteiger partial charge in [0.15, 0.2) is 10.9 Å². The molecule has 0 saturated heterocycles. The lowest BCUT2D eigenvalue weighted by Gasteiger charge is -2.07. The summed E-state index contributed by atoms with van der Waals surface area (Å²) in [6.07, 6.45) is 3.03. The second kappa shape index (κ2) is 10.4. The number of nitrogens with one attached hydrogen (secondary N) is 3. The monoisotopic (exact) mass is 464 g/mol. The number of amides is 3. The van der Waals surface area contributed by atoms with E-state index in [1.807, 2.05) is 6.07 Å². The summed E-state index contributed by atoms with van der Waals surface area (Å²) in [5.41, 5.74) is 1.82. The van der Waals surface area contributed by atoms with E-state index in [0.717, 1.165) is 5.56 Å². The van der Waals surface area contributed by atoms with E-state index in [9.17, 15) is 14.4 Å². The predicted molar refractivity (Wildman–Crippen MR) is 121 cm³/mol. The summed E-state index contributed by atoms with van der Waals surface area (Å²) in [6.45, 7) is 0.564. The molecule has 4 rings (SSSR count). The Morgan fingerprint density at radius 3 is 2.55 bits per heavy atom. The van der Waals surface area contributed by atoms with Crippen molar-refractivity contribution in [3.05, 3.63) is 94.8 Å². The van der Waals surface area contributed by atoms with Crippen molar-refractivity contribution in [2.45, 2.75) is 19.5 Å². The van der Waals surface area contributed by atoms with E-state index in [1.54, 1.807) is 54.1 Å². The molecule has 3 amide bonds. The normalized spacial score (nSPS) is 10.5. The fourth-order valence-electron chi connectivity index (χ4n) is 2.94. The molecule has 0 fully saturated rings. The van der Waals surface area contributed by atoms with Crippen LogP contribution in [0.25, 0.3) is 0 Å². The van der Waals surface area contributed by atoms with E-state index in [-0.39, 0.29) is 30.5 Å². The van der Waals surface area contributed by atoms with Gasteiger partial charge in [0.1, 0.15) is 5.76 Å². The summed E-state index contributed by atoms with van der Waals surface area (Å²) in [4.78, 5) is 40.9. The number of anilines is 1. The highest BCUT2D eigenvalue weighted by molar-refractivity contribution is 7.14. The van der Waals surface area contributed by atoms with Crippen LogP contribution in [0.4, 0.5) is 5.13 Å². The van der Waals surface area contributed by atoms with Crippen molar-refractivity contribution in [3.8, 4) is 0 Å². The second-order valence-corrected chi connectivity index (χ2v) is 7.85.